The van der Waals surface area contributed by atoms with Crippen molar-refractivity contribution in [1.29, 1.82) is 0 Å². The third kappa shape index (κ3) is 3.01. The first kappa shape index (κ1) is 16.5. The summed E-state index contributed by atoms with van der Waals surface area (Å²) >= 11 is 5.90. The molecule has 0 bridgehead atoms. The van der Waals surface area contributed by atoms with Gasteiger partial charge in [0.05, 0.1) is 11.2 Å². The molecule has 2 amide bonds. The molecule has 8 heteroatoms. The molecule has 0 unspecified atom stereocenters. The molecule has 26 heavy (non-hydrogen) atoms. The number of piperazine rings is 1. The summed E-state index contributed by atoms with van der Waals surface area (Å²) in [6, 6.07) is 7.77. The van der Waals surface area contributed by atoms with Gasteiger partial charge in [-0.05, 0) is 19.1 Å². The Morgan fingerprint density at radius 3 is 2.65 bits per heavy atom. The lowest BCUT2D eigenvalue weighted by Crippen LogP contribution is -2.52. The molecule has 0 radical (unpaired) electrons. The summed E-state index contributed by atoms with van der Waals surface area (Å²) in [7, 11) is 0. The quantitative estimate of drug-likeness (QED) is 0.694. The summed E-state index contributed by atoms with van der Waals surface area (Å²) in [5.41, 5.74) is 2.23. The molecule has 1 saturated heterocycles. The standard InChI is InChI=1S/C18H16ClN5O2/c1-12-2-4-14(5-3-12)24-7-6-22(11-16(24)25)17(26)15-10-23-9-13(19)8-20-18(23)21-15/h2-5,8-10H,6-7,11H2,1H3. The molecule has 4 rings (SSSR count). The summed E-state index contributed by atoms with van der Waals surface area (Å²) in [5.74, 6) is -0.00992. The number of carbonyl (C=O) groups excluding carboxylic acids is 2. The van der Waals surface area contributed by atoms with Crippen LogP contribution in [0.15, 0.2) is 42.9 Å². The Morgan fingerprint density at radius 1 is 1.15 bits per heavy atom. The lowest BCUT2D eigenvalue weighted by atomic mass is 10.2. The number of benzene rings is 1. The van der Waals surface area contributed by atoms with Crippen molar-refractivity contribution in [1.82, 2.24) is 19.3 Å². The second-order valence-corrected chi connectivity index (χ2v) is 6.65. The predicted molar refractivity (Wildman–Crippen MR) is 97.4 cm³/mol. The van der Waals surface area contributed by atoms with E-state index >= 15 is 0 Å². The number of aromatic nitrogens is 3. The van der Waals surface area contributed by atoms with Gasteiger partial charge in [-0.3, -0.25) is 14.0 Å². The maximum Gasteiger partial charge on any atom is 0.274 e. The van der Waals surface area contributed by atoms with Gasteiger partial charge in [-0.2, -0.15) is 0 Å². The highest BCUT2D eigenvalue weighted by molar-refractivity contribution is 6.30. The summed E-state index contributed by atoms with van der Waals surface area (Å²) < 4.78 is 1.60. The Balaban J connectivity index is 1.51. The van der Waals surface area contributed by atoms with Gasteiger partial charge in [0.1, 0.15) is 12.2 Å². The molecule has 132 valence electrons. The van der Waals surface area contributed by atoms with E-state index in [4.69, 9.17) is 11.6 Å². The number of halogens is 1. The molecule has 7 nitrogen and oxygen atoms in total. The number of carbonyl (C=O) groups is 2. The van der Waals surface area contributed by atoms with Crippen molar-refractivity contribution in [2.75, 3.05) is 24.5 Å². The molecule has 0 saturated carbocycles. The van der Waals surface area contributed by atoms with Gasteiger partial charge in [0.25, 0.3) is 5.91 Å². The molecule has 1 aliphatic heterocycles. The summed E-state index contributed by atoms with van der Waals surface area (Å²) in [4.78, 5) is 36.7. The van der Waals surface area contributed by atoms with Crippen molar-refractivity contribution in [3.05, 3.63) is 59.1 Å². The number of imidazole rings is 1. The van der Waals surface area contributed by atoms with Crippen molar-refractivity contribution < 1.29 is 9.59 Å². The van der Waals surface area contributed by atoms with Gasteiger partial charge in [0, 0.05) is 31.2 Å². The minimum Gasteiger partial charge on any atom is -0.326 e. The minimum atomic E-state index is -0.288. The van der Waals surface area contributed by atoms with Crippen molar-refractivity contribution in [2.45, 2.75) is 6.92 Å². The van der Waals surface area contributed by atoms with Gasteiger partial charge in [-0.25, -0.2) is 9.97 Å². The van der Waals surface area contributed by atoms with E-state index in [2.05, 4.69) is 9.97 Å². The molecular formula is C18H16ClN5O2. The molecule has 0 atom stereocenters. The SMILES string of the molecule is Cc1ccc(N2CCN(C(=O)c3cn4cc(Cl)cnc4n3)CC2=O)cc1. The largest absolute Gasteiger partial charge is 0.326 e. The number of aryl methyl sites for hydroxylation is 1. The Morgan fingerprint density at radius 2 is 1.92 bits per heavy atom. The first-order valence-corrected chi connectivity index (χ1v) is 8.55. The van der Waals surface area contributed by atoms with E-state index in [1.54, 1.807) is 21.7 Å². The molecule has 0 N–H and O–H groups in total. The van der Waals surface area contributed by atoms with E-state index < -0.39 is 0 Å². The van der Waals surface area contributed by atoms with Crippen LogP contribution in [0, 0.1) is 6.92 Å². The minimum absolute atomic E-state index is 0.0226. The average Bonchev–Trinajstić information content (AvgIpc) is 3.05. The second-order valence-electron chi connectivity index (χ2n) is 6.21. The fraction of sp³-hybridized carbons (Fsp3) is 0.222. The van der Waals surface area contributed by atoms with Crippen LogP contribution in [0.3, 0.4) is 0 Å². The smallest absolute Gasteiger partial charge is 0.274 e. The number of nitrogens with zero attached hydrogens (tertiary/aromatic N) is 5. The van der Waals surface area contributed by atoms with Crippen LogP contribution < -0.4 is 4.90 Å². The Labute approximate surface area is 154 Å². The third-order valence-electron chi connectivity index (χ3n) is 4.35. The first-order valence-electron chi connectivity index (χ1n) is 8.18. The van der Waals surface area contributed by atoms with Gasteiger partial charge in [0.2, 0.25) is 11.7 Å². The first-order chi connectivity index (χ1) is 12.5. The average molecular weight is 370 g/mol. The Hall–Kier alpha value is -2.93. The zero-order valence-electron chi connectivity index (χ0n) is 14.1. The van der Waals surface area contributed by atoms with Crippen molar-refractivity contribution in [2.24, 2.45) is 0 Å². The fourth-order valence-electron chi connectivity index (χ4n) is 2.97. The van der Waals surface area contributed by atoms with E-state index in [-0.39, 0.29) is 24.1 Å². The van der Waals surface area contributed by atoms with E-state index in [1.165, 1.54) is 11.1 Å². The maximum atomic E-state index is 12.7. The summed E-state index contributed by atoms with van der Waals surface area (Å²) in [6.07, 6.45) is 4.68. The molecule has 1 aliphatic rings. The number of fused-ring (bicyclic) bond motifs is 1. The van der Waals surface area contributed by atoms with Gasteiger partial charge >= 0.3 is 0 Å². The topological polar surface area (TPSA) is 70.8 Å². The van der Waals surface area contributed by atoms with Gasteiger partial charge in [-0.15, -0.1) is 0 Å². The number of hydrogen-bond acceptors (Lipinski definition) is 4. The summed E-state index contributed by atoms with van der Waals surface area (Å²) in [5, 5.41) is 0.454. The van der Waals surface area contributed by atoms with Crippen LogP contribution >= 0.6 is 11.6 Å². The molecule has 0 spiro atoms. The van der Waals surface area contributed by atoms with E-state index in [0.29, 0.717) is 23.9 Å². The molecule has 2 aromatic heterocycles. The highest BCUT2D eigenvalue weighted by atomic mass is 35.5. The fourth-order valence-corrected chi connectivity index (χ4v) is 3.12. The van der Waals surface area contributed by atoms with Crippen LogP contribution in [-0.4, -0.2) is 50.7 Å². The molecule has 3 heterocycles. The van der Waals surface area contributed by atoms with Crippen LogP contribution in [0.5, 0.6) is 0 Å². The summed E-state index contributed by atoms with van der Waals surface area (Å²) in [6.45, 7) is 2.92. The highest BCUT2D eigenvalue weighted by Crippen LogP contribution is 2.19. The normalized spacial score (nSPS) is 14.9. The lowest BCUT2D eigenvalue weighted by molar-refractivity contribution is -0.120. The van der Waals surface area contributed by atoms with Crippen molar-refractivity contribution in [3.63, 3.8) is 0 Å². The highest BCUT2D eigenvalue weighted by Gasteiger charge is 2.29. The maximum absolute atomic E-state index is 12.7. The van der Waals surface area contributed by atoms with Crippen LogP contribution in [-0.2, 0) is 4.79 Å². The second kappa shape index (κ2) is 6.42. The Bertz CT molecular complexity index is 998. The van der Waals surface area contributed by atoms with Gasteiger partial charge < -0.3 is 9.80 Å². The van der Waals surface area contributed by atoms with Crippen molar-refractivity contribution >= 4 is 34.9 Å². The predicted octanol–water partition coefficient (Wildman–Crippen LogP) is 2.18. The molecular weight excluding hydrogens is 354 g/mol. The van der Waals surface area contributed by atoms with Crippen LogP contribution in [0.2, 0.25) is 5.02 Å². The van der Waals surface area contributed by atoms with Crippen LogP contribution in [0.25, 0.3) is 5.78 Å². The monoisotopic (exact) mass is 369 g/mol. The molecule has 0 aliphatic carbocycles. The Kier molecular flexibility index (Phi) is 4.08. The third-order valence-corrected chi connectivity index (χ3v) is 4.55. The van der Waals surface area contributed by atoms with Gasteiger partial charge in [0.15, 0.2) is 0 Å². The number of rotatable bonds is 2. The van der Waals surface area contributed by atoms with Crippen LogP contribution in [0.1, 0.15) is 16.1 Å². The van der Waals surface area contributed by atoms with E-state index in [9.17, 15) is 9.59 Å². The zero-order chi connectivity index (χ0) is 18.3. The molecule has 3 aromatic rings. The van der Waals surface area contributed by atoms with E-state index in [0.717, 1.165) is 11.3 Å². The zero-order valence-corrected chi connectivity index (χ0v) is 14.8. The number of amides is 2. The van der Waals surface area contributed by atoms with Crippen LogP contribution in [0.4, 0.5) is 5.69 Å². The number of anilines is 1. The van der Waals surface area contributed by atoms with Gasteiger partial charge in [-0.1, -0.05) is 29.3 Å². The number of hydrogen-bond donors (Lipinski definition) is 0. The lowest BCUT2D eigenvalue weighted by Gasteiger charge is -2.34. The van der Waals surface area contributed by atoms with E-state index in [1.807, 2.05) is 31.2 Å². The van der Waals surface area contributed by atoms with Crippen molar-refractivity contribution in [3.8, 4) is 0 Å². The molecule has 1 aromatic carbocycles. The molecule has 1 fully saturated rings.